The van der Waals surface area contributed by atoms with Crippen molar-refractivity contribution < 1.29 is 21.9 Å². The molecule has 3 rings (SSSR count). The Bertz CT molecular complexity index is 676. The highest BCUT2D eigenvalue weighted by Gasteiger charge is 2.45. The zero-order valence-electron chi connectivity index (χ0n) is 11.4. The van der Waals surface area contributed by atoms with Crippen molar-refractivity contribution in [3.05, 3.63) is 23.3 Å². The Labute approximate surface area is 116 Å². The molecule has 0 unspecified atom stereocenters. The van der Waals surface area contributed by atoms with Gasteiger partial charge in [0.05, 0.1) is 4.90 Å². The molecule has 1 aromatic carbocycles. The summed E-state index contributed by atoms with van der Waals surface area (Å²) in [5.74, 6) is -2.49. The van der Waals surface area contributed by atoms with Gasteiger partial charge in [-0.1, -0.05) is 0 Å². The second-order valence-electron chi connectivity index (χ2n) is 6.05. The van der Waals surface area contributed by atoms with Crippen LogP contribution in [0.4, 0.5) is 8.78 Å². The highest BCUT2D eigenvalue weighted by Crippen LogP contribution is 2.46. The van der Waals surface area contributed by atoms with E-state index in [0.29, 0.717) is 11.3 Å². The van der Waals surface area contributed by atoms with E-state index in [1.165, 1.54) is 12.1 Å². The quantitative estimate of drug-likeness (QED) is 0.862. The van der Waals surface area contributed by atoms with E-state index in [1.807, 2.05) is 6.92 Å². The van der Waals surface area contributed by atoms with Crippen molar-refractivity contribution in [1.82, 2.24) is 0 Å². The topological polar surface area (TPSA) is 43.4 Å². The summed E-state index contributed by atoms with van der Waals surface area (Å²) in [4.78, 5) is -0.00187. The van der Waals surface area contributed by atoms with Gasteiger partial charge < -0.3 is 4.74 Å². The number of hydrogen-bond acceptors (Lipinski definition) is 3. The van der Waals surface area contributed by atoms with Gasteiger partial charge in [-0.05, 0) is 37.5 Å². The van der Waals surface area contributed by atoms with E-state index >= 15 is 0 Å². The lowest BCUT2D eigenvalue weighted by Crippen LogP contribution is -2.16. The summed E-state index contributed by atoms with van der Waals surface area (Å²) in [6.07, 6.45) is 1.86. The molecule has 2 aliphatic rings. The summed E-state index contributed by atoms with van der Waals surface area (Å²) >= 11 is 0. The first-order valence-electron chi connectivity index (χ1n) is 6.51. The first kappa shape index (κ1) is 13.8. The van der Waals surface area contributed by atoms with Crippen LogP contribution < -0.4 is 4.74 Å². The van der Waals surface area contributed by atoms with Crippen LogP contribution >= 0.6 is 0 Å². The average molecular weight is 302 g/mol. The molecule has 1 fully saturated rings. The number of sulfone groups is 1. The van der Waals surface area contributed by atoms with E-state index < -0.39 is 28.6 Å². The molecule has 0 heterocycles. The van der Waals surface area contributed by atoms with Crippen molar-refractivity contribution in [2.75, 3.05) is 6.26 Å². The van der Waals surface area contributed by atoms with Gasteiger partial charge in [-0.15, -0.1) is 0 Å². The molecule has 1 saturated carbocycles. The maximum absolute atomic E-state index is 13.7. The molecule has 0 bridgehead atoms. The standard InChI is InChI=1S/C14H16F2O3S/c1-13(5-6-13)19-11-3-4-12(20(2,17)18)10-8-14(15,16)7-9(10)11/h3-4H,5-8H2,1-2H3. The van der Waals surface area contributed by atoms with Crippen LogP contribution in [-0.2, 0) is 22.7 Å². The summed E-state index contributed by atoms with van der Waals surface area (Å²) in [6, 6.07) is 2.90. The molecule has 6 heteroatoms. The first-order chi connectivity index (χ1) is 9.10. The third-order valence-corrected chi connectivity index (χ3v) is 5.11. The fourth-order valence-electron chi connectivity index (χ4n) is 2.60. The van der Waals surface area contributed by atoms with E-state index in [2.05, 4.69) is 0 Å². The van der Waals surface area contributed by atoms with Crippen LogP contribution in [-0.4, -0.2) is 26.2 Å². The van der Waals surface area contributed by atoms with E-state index in [1.54, 1.807) is 0 Å². The van der Waals surface area contributed by atoms with Gasteiger partial charge in [0.1, 0.15) is 11.4 Å². The molecule has 0 aromatic heterocycles. The zero-order chi connectivity index (χ0) is 14.8. The van der Waals surface area contributed by atoms with Gasteiger partial charge in [0.15, 0.2) is 9.84 Å². The lowest BCUT2D eigenvalue weighted by atomic mass is 10.1. The molecule has 0 radical (unpaired) electrons. The van der Waals surface area contributed by atoms with Gasteiger partial charge in [-0.25, -0.2) is 17.2 Å². The Balaban J connectivity index is 2.11. The Hall–Kier alpha value is -1.17. The van der Waals surface area contributed by atoms with Crippen molar-refractivity contribution in [3.8, 4) is 5.75 Å². The Morgan fingerprint density at radius 1 is 1.15 bits per heavy atom. The molecule has 20 heavy (non-hydrogen) atoms. The molecule has 110 valence electrons. The van der Waals surface area contributed by atoms with Gasteiger partial charge >= 0.3 is 0 Å². The SMILES string of the molecule is CC1(Oc2ccc(S(C)(=O)=O)c3c2CC(F)(F)C3)CC1. The minimum absolute atomic E-state index is 0.00187. The number of benzene rings is 1. The first-order valence-corrected chi connectivity index (χ1v) is 8.41. The van der Waals surface area contributed by atoms with Gasteiger partial charge in [-0.3, -0.25) is 0 Å². The van der Waals surface area contributed by atoms with Crippen LogP contribution in [0.15, 0.2) is 17.0 Å². The summed E-state index contributed by atoms with van der Waals surface area (Å²) in [5.41, 5.74) is 0.295. The van der Waals surface area contributed by atoms with E-state index in [0.717, 1.165) is 19.1 Å². The smallest absolute Gasteiger partial charge is 0.256 e. The van der Waals surface area contributed by atoms with Crippen LogP contribution in [0.2, 0.25) is 0 Å². The second-order valence-corrected chi connectivity index (χ2v) is 8.04. The molecule has 0 aliphatic heterocycles. The van der Waals surface area contributed by atoms with Crippen LogP contribution in [0.1, 0.15) is 30.9 Å². The Kier molecular flexibility index (Phi) is 2.71. The predicted molar refractivity (Wildman–Crippen MR) is 70.2 cm³/mol. The molecule has 0 N–H and O–H groups in total. The van der Waals surface area contributed by atoms with Crippen molar-refractivity contribution in [1.29, 1.82) is 0 Å². The van der Waals surface area contributed by atoms with Gasteiger partial charge in [0.25, 0.3) is 5.92 Å². The van der Waals surface area contributed by atoms with Gasteiger partial charge in [0, 0.05) is 24.7 Å². The average Bonchev–Trinajstić information content (AvgIpc) is 2.88. The zero-order valence-corrected chi connectivity index (χ0v) is 12.2. The van der Waals surface area contributed by atoms with E-state index in [4.69, 9.17) is 4.74 Å². The monoisotopic (exact) mass is 302 g/mol. The molecule has 3 nitrogen and oxygen atoms in total. The van der Waals surface area contributed by atoms with Crippen LogP contribution in [0.25, 0.3) is 0 Å². The third-order valence-electron chi connectivity index (χ3n) is 3.93. The molecule has 0 spiro atoms. The molecule has 0 atom stereocenters. The molecule has 0 saturated heterocycles. The largest absolute Gasteiger partial charge is 0.487 e. The predicted octanol–water partition coefficient (Wildman–Crippen LogP) is 2.76. The van der Waals surface area contributed by atoms with Crippen LogP contribution in [0.5, 0.6) is 5.75 Å². The summed E-state index contributed by atoms with van der Waals surface area (Å²) in [6.45, 7) is 1.93. The number of halogens is 2. The number of fused-ring (bicyclic) bond motifs is 1. The number of hydrogen-bond donors (Lipinski definition) is 0. The lowest BCUT2D eigenvalue weighted by Gasteiger charge is -2.17. The van der Waals surface area contributed by atoms with Gasteiger partial charge in [-0.2, -0.15) is 0 Å². The third kappa shape index (κ3) is 2.41. The minimum atomic E-state index is -3.51. The summed E-state index contributed by atoms with van der Waals surface area (Å²) in [7, 11) is -3.51. The maximum atomic E-state index is 13.7. The van der Waals surface area contributed by atoms with Crippen molar-refractivity contribution >= 4 is 9.84 Å². The minimum Gasteiger partial charge on any atom is -0.487 e. The van der Waals surface area contributed by atoms with E-state index in [9.17, 15) is 17.2 Å². The number of ether oxygens (including phenoxy) is 1. The summed E-state index contributed by atoms with van der Waals surface area (Å²) in [5, 5.41) is 0. The highest BCUT2D eigenvalue weighted by atomic mass is 32.2. The number of alkyl halides is 2. The second kappa shape index (κ2) is 3.93. The van der Waals surface area contributed by atoms with E-state index in [-0.39, 0.29) is 16.1 Å². The normalized spacial score (nSPS) is 22.4. The fraction of sp³-hybridized carbons (Fsp3) is 0.571. The molecule has 1 aromatic rings. The Morgan fingerprint density at radius 3 is 2.30 bits per heavy atom. The molecular weight excluding hydrogens is 286 g/mol. The number of rotatable bonds is 3. The molecule has 0 amide bonds. The Morgan fingerprint density at radius 2 is 1.75 bits per heavy atom. The van der Waals surface area contributed by atoms with Crippen LogP contribution in [0.3, 0.4) is 0 Å². The molecule has 2 aliphatic carbocycles. The lowest BCUT2D eigenvalue weighted by molar-refractivity contribution is 0.0122. The van der Waals surface area contributed by atoms with Gasteiger partial charge in [0.2, 0.25) is 0 Å². The maximum Gasteiger partial charge on any atom is 0.256 e. The van der Waals surface area contributed by atoms with Crippen molar-refractivity contribution in [2.24, 2.45) is 0 Å². The molecular formula is C14H16F2O3S. The van der Waals surface area contributed by atoms with Crippen LogP contribution in [0, 0.1) is 0 Å². The van der Waals surface area contributed by atoms with Crippen molar-refractivity contribution in [3.63, 3.8) is 0 Å². The summed E-state index contributed by atoms with van der Waals surface area (Å²) < 4.78 is 56.6. The fourth-order valence-corrected chi connectivity index (χ4v) is 3.56. The van der Waals surface area contributed by atoms with Crippen molar-refractivity contribution in [2.45, 2.75) is 49.0 Å². The highest BCUT2D eigenvalue weighted by molar-refractivity contribution is 7.90.